The number of hydrogen-bond acceptors (Lipinski definition) is 5. The van der Waals surface area contributed by atoms with Crippen molar-refractivity contribution in [3.05, 3.63) is 58.7 Å². The van der Waals surface area contributed by atoms with Crippen LogP contribution in [0.2, 0.25) is 0 Å². The van der Waals surface area contributed by atoms with Gasteiger partial charge in [0.25, 0.3) is 0 Å². The van der Waals surface area contributed by atoms with Crippen molar-refractivity contribution in [1.82, 2.24) is 0 Å². The molecule has 0 saturated carbocycles. The number of amides is 1. The van der Waals surface area contributed by atoms with Crippen LogP contribution in [0.15, 0.2) is 41.3 Å². The van der Waals surface area contributed by atoms with E-state index < -0.39 is 18.0 Å². The zero-order chi connectivity index (χ0) is 24.9. The Morgan fingerprint density at radius 3 is 1.94 bits per heavy atom. The molecular formula is C26H33NO5S. The lowest BCUT2D eigenvalue weighted by molar-refractivity contribution is 0.0617. The number of anilines is 1. The van der Waals surface area contributed by atoms with E-state index in [9.17, 15) is 19.5 Å². The monoisotopic (exact) mass is 471 g/mol. The summed E-state index contributed by atoms with van der Waals surface area (Å²) in [6.07, 6.45) is 0.877. The molecule has 2 aromatic carbocycles. The molecule has 0 radical (unpaired) electrons. The maximum absolute atomic E-state index is 12.7. The fourth-order valence-electron chi connectivity index (χ4n) is 4.18. The molecule has 2 rings (SSSR count). The van der Waals surface area contributed by atoms with Gasteiger partial charge >= 0.3 is 18.0 Å². The van der Waals surface area contributed by atoms with Crippen molar-refractivity contribution < 1.29 is 24.2 Å². The van der Waals surface area contributed by atoms with Crippen LogP contribution in [0.3, 0.4) is 0 Å². The van der Waals surface area contributed by atoms with E-state index in [2.05, 4.69) is 33.0 Å². The number of esters is 1. The third-order valence-corrected chi connectivity index (χ3v) is 6.40. The molecule has 6 nitrogen and oxygen atoms in total. The second kappa shape index (κ2) is 11.4. The Morgan fingerprint density at radius 1 is 0.909 bits per heavy atom. The van der Waals surface area contributed by atoms with Crippen molar-refractivity contribution in [2.45, 2.75) is 58.3 Å². The third-order valence-electron chi connectivity index (χ3n) is 5.61. The Hall–Kier alpha value is -2.80. The molecule has 7 heteroatoms. The Bertz CT molecular complexity index is 1000. The molecule has 0 fully saturated rings. The van der Waals surface area contributed by atoms with Crippen molar-refractivity contribution in [3.63, 3.8) is 0 Å². The zero-order valence-electron chi connectivity index (χ0n) is 20.3. The highest BCUT2D eigenvalue weighted by Crippen LogP contribution is 2.33. The fraction of sp³-hybridized carbons (Fsp3) is 0.423. The van der Waals surface area contributed by atoms with Crippen LogP contribution in [0.25, 0.3) is 0 Å². The van der Waals surface area contributed by atoms with E-state index >= 15 is 0 Å². The zero-order valence-corrected chi connectivity index (χ0v) is 21.1. The van der Waals surface area contributed by atoms with Crippen LogP contribution in [0.1, 0.15) is 85.2 Å². The molecular weight excluding hydrogens is 438 g/mol. The van der Waals surface area contributed by atoms with Gasteiger partial charge in [0.05, 0.1) is 11.1 Å². The first-order chi connectivity index (χ1) is 15.5. The van der Waals surface area contributed by atoms with Gasteiger partial charge in [0, 0.05) is 10.6 Å². The first-order valence-corrected chi connectivity index (χ1v) is 12.3. The van der Waals surface area contributed by atoms with Gasteiger partial charge in [-0.25, -0.2) is 14.4 Å². The highest BCUT2D eigenvalue weighted by Gasteiger charge is 2.24. The van der Waals surface area contributed by atoms with Gasteiger partial charge < -0.3 is 9.84 Å². The Kier molecular flexibility index (Phi) is 9.11. The molecule has 2 N–H and O–H groups in total. The average molecular weight is 472 g/mol. The molecule has 0 spiro atoms. The van der Waals surface area contributed by atoms with Gasteiger partial charge in [-0.05, 0) is 65.3 Å². The smallest absolute Gasteiger partial charge is 0.419 e. The number of rotatable bonds is 8. The number of carbonyl (C=O) groups is 3. The Balaban J connectivity index is 2.20. The molecule has 0 bridgehead atoms. The molecule has 0 aromatic heterocycles. The van der Waals surface area contributed by atoms with E-state index in [1.165, 1.54) is 29.5 Å². The maximum atomic E-state index is 12.7. The minimum Gasteiger partial charge on any atom is -0.478 e. The summed E-state index contributed by atoms with van der Waals surface area (Å²) in [7, 11) is 0. The molecule has 1 amide bonds. The molecule has 0 unspecified atom stereocenters. The fourth-order valence-corrected chi connectivity index (χ4v) is 4.95. The van der Waals surface area contributed by atoms with E-state index in [0.29, 0.717) is 23.4 Å². The lowest BCUT2D eigenvalue weighted by atomic mass is 9.80. The van der Waals surface area contributed by atoms with E-state index in [0.717, 1.165) is 10.5 Å². The van der Waals surface area contributed by atoms with Crippen LogP contribution in [0.4, 0.5) is 10.5 Å². The minimum absolute atomic E-state index is 0.0645. The predicted octanol–water partition coefficient (Wildman–Crippen LogP) is 7.01. The predicted molar refractivity (Wildman–Crippen MR) is 133 cm³/mol. The maximum Gasteiger partial charge on any atom is 0.419 e. The van der Waals surface area contributed by atoms with Crippen LogP contribution < -0.4 is 5.32 Å². The quantitative estimate of drug-likeness (QED) is 0.244. The molecule has 0 atom stereocenters. The average Bonchev–Trinajstić information content (AvgIpc) is 2.73. The number of benzene rings is 2. The summed E-state index contributed by atoms with van der Waals surface area (Å²) >= 11 is 1.40. The molecule has 0 aliphatic heterocycles. The number of carboxylic acids is 1. The van der Waals surface area contributed by atoms with E-state index in [-0.39, 0.29) is 17.0 Å². The summed E-state index contributed by atoms with van der Waals surface area (Å²) in [6, 6.07) is 10.4. The molecule has 178 valence electrons. The number of carbonyl (C=O) groups excluding carboxylic acids is 2. The van der Waals surface area contributed by atoms with Gasteiger partial charge in [0.2, 0.25) is 0 Å². The molecule has 33 heavy (non-hydrogen) atoms. The second-order valence-corrected chi connectivity index (χ2v) is 9.89. The third kappa shape index (κ3) is 6.60. The molecule has 0 aliphatic carbocycles. The van der Waals surface area contributed by atoms with Gasteiger partial charge in [0.1, 0.15) is 0 Å². The van der Waals surface area contributed by atoms with Crippen LogP contribution in [0, 0.1) is 11.8 Å². The summed E-state index contributed by atoms with van der Waals surface area (Å²) in [5, 5.41) is 12.1. The summed E-state index contributed by atoms with van der Waals surface area (Å²) in [6.45, 7) is 12.6. The number of nitrogens with one attached hydrogen (secondary N) is 1. The molecule has 0 aliphatic rings. The molecule has 0 heterocycles. The standard InChI is InChI=1S/C26H33NO5S/c1-14(2)19-12-21(20(24(28)29)13-22(19)33-7)25(30)32-26(31)27-18-10-8-17(9-11-18)23(15(3)4)16(5)6/h8-16,23H,1-7H3,(H,27,31)(H,28,29). The van der Waals surface area contributed by atoms with Gasteiger partial charge in [-0.3, -0.25) is 5.32 Å². The molecule has 2 aromatic rings. The van der Waals surface area contributed by atoms with Crippen molar-refractivity contribution in [2.75, 3.05) is 11.6 Å². The van der Waals surface area contributed by atoms with Crippen molar-refractivity contribution in [3.8, 4) is 0 Å². The largest absolute Gasteiger partial charge is 0.478 e. The second-order valence-electron chi connectivity index (χ2n) is 9.04. The van der Waals surface area contributed by atoms with Crippen LogP contribution in [-0.2, 0) is 4.74 Å². The number of ether oxygens (including phenoxy) is 1. The Labute approximate surface area is 200 Å². The highest BCUT2D eigenvalue weighted by atomic mass is 32.2. The van der Waals surface area contributed by atoms with Gasteiger partial charge in [-0.1, -0.05) is 53.7 Å². The SMILES string of the molecule is CSc1cc(C(=O)O)c(C(=O)OC(=O)Nc2ccc(C(C(C)C)C(C)C)cc2)cc1C(C)C. The van der Waals surface area contributed by atoms with E-state index in [1.54, 1.807) is 12.1 Å². The first kappa shape index (κ1) is 26.5. The summed E-state index contributed by atoms with van der Waals surface area (Å²) in [4.78, 5) is 37.5. The Morgan fingerprint density at radius 2 is 1.48 bits per heavy atom. The lowest BCUT2D eigenvalue weighted by Crippen LogP contribution is -2.21. The van der Waals surface area contributed by atoms with Gasteiger partial charge in [-0.15, -0.1) is 11.8 Å². The number of thioether (sulfide) groups is 1. The van der Waals surface area contributed by atoms with Crippen LogP contribution in [-0.4, -0.2) is 29.4 Å². The minimum atomic E-state index is -1.26. The number of hydrogen-bond donors (Lipinski definition) is 2. The van der Waals surface area contributed by atoms with Gasteiger partial charge in [0.15, 0.2) is 0 Å². The summed E-state index contributed by atoms with van der Waals surface area (Å²) < 4.78 is 4.93. The van der Waals surface area contributed by atoms with Crippen molar-refractivity contribution in [1.29, 1.82) is 0 Å². The molecule has 0 saturated heterocycles. The topological polar surface area (TPSA) is 92.7 Å². The van der Waals surface area contributed by atoms with Gasteiger partial charge in [-0.2, -0.15) is 0 Å². The summed E-state index contributed by atoms with van der Waals surface area (Å²) in [5.74, 6) is -0.855. The van der Waals surface area contributed by atoms with Crippen LogP contribution in [0.5, 0.6) is 0 Å². The highest BCUT2D eigenvalue weighted by molar-refractivity contribution is 7.98. The number of aromatic carboxylic acids is 1. The van der Waals surface area contributed by atoms with Crippen LogP contribution >= 0.6 is 11.8 Å². The van der Waals surface area contributed by atoms with Crippen molar-refractivity contribution >= 4 is 35.5 Å². The normalized spacial score (nSPS) is 11.4. The lowest BCUT2D eigenvalue weighted by Gasteiger charge is -2.25. The summed E-state index contributed by atoms with van der Waals surface area (Å²) in [5.41, 5.74) is 2.14. The number of carboxylic acid groups (broad SMARTS) is 1. The van der Waals surface area contributed by atoms with E-state index in [4.69, 9.17) is 4.74 Å². The van der Waals surface area contributed by atoms with E-state index in [1.807, 2.05) is 32.2 Å². The van der Waals surface area contributed by atoms with Crippen molar-refractivity contribution in [2.24, 2.45) is 11.8 Å². The first-order valence-electron chi connectivity index (χ1n) is 11.0.